The first-order chi connectivity index (χ1) is 18.7. The lowest BCUT2D eigenvalue weighted by Gasteiger charge is -2.25. The highest BCUT2D eigenvalue weighted by Gasteiger charge is 2.61. The maximum atomic E-state index is 14.9. The normalized spacial score (nSPS) is 27.1. The van der Waals surface area contributed by atoms with Gasteiger partial charge in [0.2, 0.25) is 11.8 Å². The molecule has 2 N–H and O–H groups in total. The van der Waals surface area contributed by atoms with Crippen LogP contribution in [0.2, 0.25) is 0 Å². The molecule has 1 spiro atoms. The predicted octanol–water partition coefficient (Wildman–Crippen LogP) is 3.35. The van der Waals surface area contributed by atoms with Gasteiger partial charge in [0, 0.05) is 36.1 Å². The van der Waals surface area contributed by atoms with E-state index >= 15 is 0 Å². The van der Waals surface area contributed by atoms with Gasteiger partial charge in [0.25, 0.3) is 5.92 Å². The maximum absolute atomic E-state index is 14.9. The number of hydrogen-bond acceptors (Lipinski definition) is 5. The molecule has 1 saturated heterocycles. The van der Waals surface area contributed by atoms with Crippen LogP contribution in [0.1, 0.15) is 72.2 Å². The number of carbonyl (C=O) groups is 3. The standard InChI is InChI=1S/C28H26F2N6O3/c29-28(30,15-2-3-15)13-35-22-9-14(1-4-20(22)27(5-6-27)25(35)38)16-10-17(16)18-11-21(34-36-8-7-31-23(18)36)19-12-32-26(39)33-24(19)37/h1,4,7-9,11,15-17,19H,2-3,5-6,10,12-13H2,(H2,32,33,37,39)/t16-,17+,19?/m1/s1. The minimum Gasteiger partial charge on any atom is -0.337 e. The SMILES string of the molecule is O=C1NCC(c2cc([C@H]3C[C@@H]3c3ccc4c(c3)N(CC(F)(F)C3CC3)C(=O)C43CC3)c3nccn3n2)C(=O)N1. The van der Waals surface area contributed by atoms with E-state index in [0.29, 0.717) is 42.7 Å². The Kier molecular flexibility index (Phi) is 4.49. The molecular weight excluding hydrogens is 506 g/mol. The largest absolute Gasteiger partial charge is 0.337 e. The number of carbonyl (C=O) groups excluding carboxylic acids is 3. The number of imidazole rings is 1. The molecule has 3 saturated carbocycles. The molecule has 11 heteroatoms. The van der Waals surface area contributed by atoms with Crippen LogP contribution in [-0.4, -0.2) is 51.5 Å². The molecule has 3 atom stereocenters. The topological polar surface area (TPSA) is 109 Å². The quantitative estimate of drug-likeness (QED) is 0.506. The van der Waals surface area contributed by atoms with Crippen LogP contribution in [0, 0.1) is 5.92 Å². The lowest BCUT2D eigenvalue weighted by Crippen LogP contribution is -2.51. The summed E-state index contributed by atoms with van der Waals surface area (Å²) >= 11 is 0. The third-order valence-electron chi connectivity index (χ3n) is 9.18. The summed E-state index contributed by atoms with van der Waals surface area (Å²) in [5.41, 5.74) is 4.10. The molecule has 2 aromatic heterocycles. The van der Waals surface area contributed by atoms with Gasteiger partial charge >= 0.3 is 6.03 Å². The van der Waals surface area contributed by atoms with Crippen molar-refractivity contribution in [1.82, 2.24) is 25.2 Å². The van der Waals surface area contributed by atoms with Crippen molar-refractivity contribution in [3.63, 3.8) is 0 Å². The molecule has 2 aliphatic heterocycles. The summed E-state index contributed by atoms with van der Waals surface area (Å²) in [5.74, 6) is -4.48. The first kappa shape index (κ1) is 23.0. The second kappa shape index (κ2) is 7.61. The van der Waals surface area contributed by atoms with Gasteiger partial charge in [-0.25, -0.2) is 23.1 Å². The molecule has 200 valence electrons. The minimum absolute atomic E-state index is 0.101. The van der Waals surface area contributed by atoms with Crippen LogP contribution in [0.25, 0.3) is 5.65 Å². The highest BCUT2D eigenvalue weighted by atomic mass is 19.3. The average Bonchev–Trinajstić information content (AvgIpc) is 3.79. The van der Waals surface area contributed by atoms with Crippen molar-refractivity contribution in [2.45, 2.75) is 61.2 Å². The summed E-state index contributed by atoms with van der Waals surface area (Å²) in [4.78, 5) is 43.2. The van der Waals surface area contributed by atoms with E-state index in [-0.39, 0.29) is 24.3 Å². The van der Waals surface area contributed by atoms with Crippen LogP contribution in [0.4, 0.5) is 19.3 Å². The van der Waals surface area contributed by atoms with Gasteiger partial charge in [0.15, 0.2) is 5.65 Å². The molecule has 3 aliphatic carbocycles. The van der Waals surface area contributed by atoms with Gasteiger partial charge < -0.3 is 10.2 Å². The van der Waals surface area contributed by atoms with E-state index < -0.39 is 41.7 Å². The zero-order valence-corrected chi connectivity index (χ0v) is 21.0. The number of halogens is 2. The van der Waals surface area contributed by atoms with Gasteiger partial charge in [-0.3, -0.25) is 14.9 Å². The smallest absolute Gasteiger partial charge is 0.321 e. The van der Waals surface area contributed by atoms with E-state index in [1.807, 2.05) is 24.3 Å². The lowest BCUT2D eigenvalue weighted by atomic mass is 9.95. The van der Waals surface area contributed by atoms with Crippen LogP contribution in [0.15, 0.2) is 36.7 Å². The Balaban J connectivity index is 1.12. The second-order valence-electron chi connectivity index (χ2n) is 11.7. The van der Waals surface area contributed by atoms with Crippen LogP contribution < -0.4 is 15.5 Å². The van der Waals surface area contributed by atoms with Gasteiger partial charge in [0.1, 0.15) is 0 Å². The molecule has 5 aliphatic rings. The van der Waals surface area contributed by atoms with E-state index in [4.69, 9.17) is 0 Å². The van der Waals surface area contributed by atoms with Gasteiger partial charge in [-0.15, -0.1) is 0 Å². The molecule has 4 fully saturated rings. The fourth-order valence-electron chi connectivity index (χ4n) is 6.58. The highest BCUT2D eigenvalue weighted by Crippen LogP contribution is 2.61. The zero-order valence-electron chi connectivity index (χ0n) is 21.0. The van der Waals surface area contributed by atoms with Gasteiger partial charge in [0.05, 0.1) is 23.6 Å². The fraction of sp³-hybridized carbons (Fsp3) is 0.464. The van der Waals surface area contributed by atoms with Crippen molar-refractivity contribution in [2.24, 2.45) is 5.92 Å². The number of urea groups is 1. The number of alkyl halides is 2. The highest BCUT2D eigenvalue weighted by molar-refractivity contribution is 6.10. The van der Waals surface area contributed by atoms with Crippen molar-refractivity contribution >= 4 is 29.2 Å². The van der Waals surface area contributed by atoms with Crippen LogP contribution in [0.5, 0.6) is 0 Å². The Morgan fingerprint density at radius 1 is 1.10 bits per heavy atom. The lowest BCUT2D eigenvalue weighted by molar-refractivity contribution is -0.122. The number of aromatic nitrogens is 3. The Labute approximate surface area is 221 Å². The first-order valence-corrected chi connectivity index (χ1v) is 13.5. The van der Waals surface area contributed by atoms with Gasteiger partial charge in [-0.1, -0.05) is 12.1 Å². The zero-order chi connectivity index (χ0) is 26.7. The van der Waals surface area contributed by atoms with Crippen molar-refractivity contribution in [2.75, 3.05) is 18.0 Å². The molecule has 0 radical (unpaired) electrons. The summed E-state index contributed by atoms with van der Waals surface area (Å²) in [6.07, 6.45) is 6.67. The maximum Gasteiger partial charge on any atom is 0.321 e. The number of imide groups is 1. The van der Waals surface area contributed by atoms with Crippen LogP contribution in [-0.2, 0) is 15.0 Å². The van der Waals surface area contributed by atoms with Gasteiger partial charge in [-0.05, 0) is 67.2 Å². The summed E-state index contributed by atoms with van der Waals surface area (Å²) in [7, 11) is 0. The molecule has 9 nitrogen and oxygen atoms in total. The van der Waals surface area contributed by atoms with Crippen LogP contribution in [0.3, 0.4) is 0 Å². The van der Waals surface area contributed by atoms with Gasteiger partial charge in [-0.2, -0.15) is 5.10 Å². The fourth-order valence-corrected chi connectivity index (χ4v) is 6.58. The van der Waals surface area contributed by atoms with Crippen LogP contribution >= 0.6 is 0 Å². The number of nitrogens with zero attached hydrogens (tertiary/aromatic N) is 4. The Hall–Kier alpha value is -3.89. The predicted molar refractivity (Wildman–Crippen MR) is 135 cm³/mol. The minimum atomic E-state index is -2.88. The second-order valence-corrected chi connectivity index (χ2v) is 11.7. The third kappa shape index (κ3) is 3.44. The number of hydrogen-bond donors (Lipinski definition) is 2. The van der Waals surface area contributed by atoms with E-state index in [1.165, 1.54) is 4.90 Å². The summed E-state index contributed by atoms with van der Waals surface area (Å²) in [6, 6.07) is 7.33. The van der Waals surface area contributed by atoms with E-state index in [1.54, 1.807) is 16.9 Å². The summed E-state index contributed by atoms with van der Waals surface area (Å²) < 4.78 is 31.4. The number of anilines is 1. The molecule has 8 rings (SSSR count). The van der Waals surface area contributed by atoms with Crippen molar-refractivity contribution in [1.29, 1.82) is 0 Å². The molecule has 1 unspecified atom stereocenters. The Morgan fingerprint density at radius 2 is 1.92 bits per heavy atom. The Morgan fingerprint density at radius 3 is 2.67 bits per heavy atom. The number of amides is 4. The Bertz CT molecular complexity index is 1590. The molecule has 4 heterocycles. The van der Waals surface area contributed by atoms with Crippen molar-refractivity contribution < 1.29 is 23.2 Å². The van der Waals surface area contributed by atoms with E-state index in [9.17, 15) is 23.2 Å². The monoisotopic (exact) mass is 532 g/mol. The number of rotatable bonds is 6. The summed E-state index contributed by atoms with van der Waals surface area (Å²) in [6.45, 7) is -0.390. The van der Waals surface area contributed by atoms with Crippen molar-refractivity contribution in [3.8, 4) is 0 Å². The summed E-state index contributed by atoms with van der Waals surface area (Å²) in [5, 5.41) is 9.52. The van der Waals surface area contributed by atoms with Crippen molar-refractivity contribution in [3.05, 3.63) is 59.0 Å². The molecular formula is C28H26F2N6O3. The van der Waals surface area contributed by atoms with E-state index in [0.717, 1.165) is 23.1 Å². The number of nitrogens with one attached hydrogen (secondary N) is 2. The van der Waals surface area contributed by atoms with E-state index in [2.05, 4.69) is 20.7 Å². The number of fused-ring (bicyclic) bond motifs is 3. The molecule has 0 bridgehead atoms. The first-order valence-electron chi connectivity index (χ1n) is 13.5. The average molecular weight is 533 g/mol. The molecule has 1 aromatic carbocycles. The number of benzene rings is 1. The third-order valence-corrected chi connectivity index (χ3v) is 9.18. The molecule has 3 aromatic rings. The molecule has 39 heavy (non-hydrogen) atoms. The molecule has 4 amide bonds.